The van der Waals surface area contributed by atoms with E-state index in [1.54, 1.807) is 0 Å². The van der Waals surface area contributed by atoms with Crippen molar-refractivity contribution in [1.82, 2.24) is 0 Å². The largest absolute Gasteiger partial charge is 0.426 e. The second-order valence-electron chi connectivity index (χ2n) is 10.7. The Morgan fingerprint density at radius 1 is 0.906 bits per heavy atom. The number of carbonyl (C=O) groups excluding carboxylic acids is 1. The van der Waals surface area contributed by atoms with Gasteiger partial charge >= 0.3 is 5.97 Å². The van der Waals surface area contributed by atoms with Crippen molar-refractivity contribution in [3.05, 3.63) is 54.6 Å². The van der Waals surface area contributed by atoms with Crippen LogP contribution in [-0.2, 0) is 11.2 Å². The highest BCUT2D eigenvalue weighted by Crippen LogP contribution is 2.49. The zero-order valence-corrected chi connectivity index (χ0v) is 20.0. The molecule has 3 fully saturated rings. The molecule has 4 atom stereocenters. The average molecular weight is 435 g/mol. The van der Waals surface area contributed by atoms with Crippen LogP contribution >= 0.6 is 0 Å². The summed E-state index contributed by atoms with van der Waals surface area (Å²) in [7, 11) is 0. The molecule has 1 aromatic rings. The Balaban J connectivity index is 1.21. The van der Waals surface area contributed by atoms with Crippen LogP contribution in [0.5, 0.6) is 5.75 Å². The fourth-order valence-electron chi connectivity index (χ4n) is 6.86. The third-order valence-corrected chi connectivity index (χ3v) is 8.71. The van der Waals surface area contributed by atoms with Crippen LogP contribution in [0.4, 0.5) is 0 Å². The quantitative estimate of drug-likeness (QED) is 0.247. The lowest BCUT2D eigenvalue weighted by atomic mass is 9.61. The Labute approximate surface area is 195 Å². The Kier molecular flexibility index (Phi) is 8.27. The fourth-order valence-corrected chi connectivity index (χ4v) is 6.86. The van der Waals surface area contributed by atoms with Crippen LogP contribution in [0, 0.1) is 35.5 Å². The van der Waals surface area contributed by atoms with E-state index in [9.17, 15) is 4.79 Å². The van der Waals surface area contributed by atoms with Gasteiger partial charge in [0.05, 0.1) is 5.92 Å². The molecule has 1 aromatic carbocycles. The molecule has 3 aliphatic rings. The number of carbonyl (C=O) groups is 1. The first-order valence-electron chi connectivity index (χ1n) is 13.2. The van der Waals surface area contributed by atoms with Crippen molar-refractivity contribution < 1.29 is 9.53 Å². The zero-order valence-electron chi connectivity index (χ0n) is 20.0. The summed E-state index contributed by atoms with van der Waals surface area (Å²) in [6, 6.07) is 7.99. The highest BCUT2D eigenvalue weighted by Gasteiger charge is 2.39. The summed E-state index contributed by atoms with van der Waals surface area (Å²) in [6.45, 7) is 5.94. The first kappa shape index (κ1) is 23.3. The van der Waals surface area contributed by atoms with E-state index in [4.69, 9.17) is 4.74 Å². The van der Waals surface area contributed by atoms with Gasteiger partial charge in [-0.25, -0.2) is 0 Å². The molecule has 0 saturated heterocycles. The maximum atomic E-state index is 12.7. The number of benzene rings is 1. The summed E-state index contributed by atoms with van der Waals surface area (Å²) in [4.78, 5) is 12.7. The molecule has 2 heteroatoms. The van der Waals surface area contributed by atoms with Crippen LogP contribution < -0.4 is 4.74 Å². The maximum Gasteiger partial charge on any atom is 0.314 e. The van der Waals surface area contributed by atoms with Gasteiger partial charge in [0.25, 0.3) is 0 Å². The standard InChI is InChI=1S/C30H42O2/c1-3-5-7-22-9-18-29(19-10-22)32-30(31)25-14-12-24(13-15-25)27-17-16-26-20-23(6-4-2)8-11-28(26)21-27/h3-4,6,9-10,18-19,23-28H,1,5,7-8,11-17,20-21H2,2H3/b6-4+. The first-order valence-corrected chi connectivity index (χ1v) is 13.2. The predicted octanol–water partition coefficient (Wildman–Crippen LogP) is 7.93. The Hall–Kier alpha value is -1.83. The molecule has 0 spiro atoms. The third kappa shape index (κ3) is 5.94. The van der Waals surface area contributed by atoms with Gasteiger partial charge in [0, 0.05) is 0 Å². The number of aryl methyl sites for hydroxylation is 1. The summed E-state index contributed by atoms with van der Waals surface area (Å²) in [5.74, 6) is 5.25. The number of esters is 1. The molecule has 3 aliphatic carbocycles. The van der Waals surface area contributed by atoms with Crippen molar-refractivity contribution in [3.8, 4) is 5.75 Å². The molecule has 0 aromatic heterocycles. The third-order valence-electron chi connectivity index (χ3n) is 8.71. The first-order chi connectivity index (χ1) is 15.7. The van der Waals surface area contributed by atoms with Gasteiger partial charge in [0.15, 0.2) is 0 Å². The van der Waals surface area contributed by atoms with E-state index in [1.807, 2.05) is 18.2 Å². The Morgan fingerprint density at radius 3 is 2.22 bits per heavy atom. The van der Waals surface area contributed by atoms with Crippen molar-refractivity contribution in [3.63, 3.8) is 0 Å². The van der Waals surface area contributed by atoms with Crippen LogP contribution in [-0.4, -0.2) is 5.97 Å². The normalized spacial score (nSPS) is 32.9. The van der Waals surface area contributed by atoms with E-state index in [1.165, 1.54) is 56.9 Å². The second-order valence-corrected chi connectivity index (χ2v) is 10.7. The van der Waals surface area contributed by atoms with Crippen molar-refractivity contribution in [2.24, 2.45) is 35.5 Å². The van der Waals surface area contributed by atoms with Gasteiger partial charge in [-0.2, -0.15) is 0 Å². The van der Waals surface area contributed by atoms with Crippen molar-refractivity contribution in [2.75, 3.05) is 0 Å². The lowest BCUT2D eigenvalue weighted by molar-refractivity contribution is -0.140. The number of hydrogen-bond acceptors (Lipinski definition) is 2. The molecule has 0 bridgehead atoms. The van der Waals surface area contributed by atoms with Gasteiger partial charge in [0.2, 0.25) is 0 Å². The summed E-state index contributed by atoms with van der Waals surface area (Å²) >= 11 is 0. The van der Waals surface area contributed by atoms with Crippen LogP contribution in [0.2, 0.25) is 0 Å². The molecule has 3 saturated carbocycles. The molecule has 4 unspecified atom stereocenters. The number of rotatable bonds is 7. The molecule has 0 amide bonds. The zero-order chi connectivity index (χ0) is 22.3. The van der Waals surface area contributed by atoms with E-state index < -0.39 is 0 Å². The Morgan fingerprint density at radius 2 is 1.53 bits per heavy atom. The van der Waals surface area contributed by atoms with Gasteiger partial charge < -0.3 is 4.74 Å². The van der Waals surface area contributed by atoms with Gasteiger partial charge in [-0.3, -0.25) is 4.79 Å². The van der Waals surface area contributed by atoms with Crippen LogP contribution in [0.25, 0.3) is 0 Å². The van der Waals surface area contributed by atoms with Crippen molar-refractivity contribution in [2.45, 2.75) is 84.0 Å². The topological polar surface area (TPSA) is 26.3 Å². The maximum absolute atomic E-state index is 12.7. The van der Waals surface area contributed by atoms with E-state index in [0.29, 0.717) is 5.75 Å². The summed E-state index contributed by atoms with van der Waals surface area (Å²) in [6.07, 6.45) is 21.6. The van der Waals surface area contributed by atoms with Gasteiger partial charge in [-0.15, -0.1) is 6.58 Å². The van der Waals surface area contributed by atoms with Gasteiger partial charge in [-0.05, 0) is 131 Å². The van der Waals surface area contributed by atoms with Crippen LogP contribution in [0.1, 0.15) is 83.1 Å². The predicted molar refractivity (Wildman–Crippen MR) is 133 cm³/mol. The SMILES string of the molecule is C=CCCc1ccc(OC(=O)C2CCC(C3CCC4CC(/C=C/C)CCC4C3)CC2)cc1. The molecule has 4 rings (SSSR count). The van der Waals surface area contributed by atoms with Crippen LogP contribution in [0.15, 0.2) is 49.1 Å². The summed E-state index contributed by atoms with van der Waals surface area (Å²) in [5.41, 5.74) is 1.26. The molecule has 174 valence electrons. The van der Waals surface area contributed by atoms with Crippen molar-refractivity contribution in [1.29, 1.82) is 0 Å². The van der Waals surface area contributed by atoms with E-state index in [-0.39, 0.29) is 11.9 Å². The number of fused-ring (bicyclic) bond motifs is 1. The molecule has 32 heavy (non-hydrogen) atoms. The number of ether oxygens (including phenoxy) is 1. The molecular weight excluding hydrogens is 392 g/mol. The van der Waals surface area contributed by atoms with Crippen LogP contribution in [0.3, 0.4) is 0 Å². The molecule has 0 N–H and O–H groups in total. The minimum absolute atomic E-state index is 0.0201. The van der Waals surface area contributed by atoms with Gasteiger partial charge in [0.1, 0.15) is 5.75 Å². The summed E-state index contributed by atoms with van der Waals surface area (Å²) < 4.78 is 5.73. The van der Waals surface area contributed by atoms with Crippen molar-refractivity contribution >= 4 is 5.97 Å². The lowest BCUT2D eigenvalue weighted by Gasteiger charge is -2.45. The molecule has 0 heterocycles. The molecule has 0 radical (unpaired) electrons. The molecule has 0 aliphatic heterocycles. The number of allylic oxidation sites excluding steroid dienone is 3. The van der Waals surface area contributed by atoms with E-state index in [0.717, 1.165) is 55.3 Å². The second kappa shape index (κ2) is 11.3. The molecule has 2 nitrogen and oxygen atoms in total. The number of hydrogen-bond donors (Lipinski definition) is 0. The van der Waals surface area contributed by atoms with Gasteiger partial charge in [-0.1, -0.05) is 30.4 Å². The smallest absolute Gasteiger partial charge is 0.314 e. The van der Waals surface area contributed by atoms with E-state index in [2.05, 4.69) is 37.8 Å². The summed E-state index contributed by atoms with van der Waals surface area (Å²) in [5, 5.41) is 0. The lowest BCUT2D eigenvalue weighted by Crippen LogP contribution is -2.35. The fraction of sp³-hybridized carbons (Fsp3) is 0.633. The molecular formula is C30H42O2. The Bertz CT molecular complexity index is 769. The highest BCUT2D eigenvalue weighted by atomic mass is 16.5. The highest BCUT2D eigenvalue weighted by molar-refractivity contribution is 5.75. The monoisotopic (exact) mass is 434 g/mol. The average Bonchev–Trinajstić information content (AvgIpc) is 2.83. The minimum atomic E-state index is -0.0201. The minimum Gasteiger partial charge on any atom is -0.426 e. The van der Waals surface area contributed by atoms with E-state index >= 15 is 0 Å².